The average molecular weight is 294 g/mol. The fourth-order valence-electron chi connectivity index (χ4n) is 1.86. The molecule has 0 unspecified atom stereocenters. The van der Waals surface area contributed by atoms with E-state index in [0.29, 0.717) is 0 Å². The number of nitrogen functional groups attached to an aromatic ring is 1. The standard InChI is InChI=1S/C13H16BrN3/c1-8-11(5-4-6-12(8)15)7-17-10(3)13(14)9(2)16-17/h4-6H,7,15H2,1-3H3. The number of nitrogens with zero attached hydrogens (tertiary/aromatic N) is 2. The van der Waals surface area contributed by atoms with Crippen LogP contribution < -0.4 is 5.73 Å². The summed E-state index contributed by atoms with van der Waals surface area (Å²) in [7, 11) is 0. The Labute approximate surface area is 110 Å². The van der Waals surface area contributed by atoms with E-state index >= 15 is 0 Å². The van der Waals surface area contributed by atoms with E-state index in [2.05, 4.69) is 34.0 Å². The van der Waals surface area contributed by atoms with Gasteiger partial charge in [-0.1, -0.05) is 12.1 Å². The van der Waals surface area contributed by atoms with Crippen LogP contribution >= 0.6 is 15.9 Å². The molecule has 0 aliphatic rings. The molecule has 0 saturated heterocycles. The normalized spacial score (nSPS) is 10.8. The third-order valence-electron chi connectivity index (χ3n) is 3.10. The van der Waals surface area contributed by atoms with E-state index in [1.165, 1.54) is 5.56 Å². The lowest BCUT2D eigenvalue weighted by molar-refractivity contribution is 0.656. The Morgan fingerprint density at radius 2 is 2.00 bits per heavy atom. The second-order valence-electron chi connectivity index (χ2n) is 4.27. The van der Waals surface area contributed by atoms with Crippen LogP contribution in [0, 0.1) is 20.8 Å². The highest BCUT2D eigenvalue weighted by Crippen LogP contribution is 2.22. The number of aromatic nitrogens is 2. The zero-order valence-electron chi connectivity index (χ0n) is 10.3. The van der Waals surface area contributed by atoms with Crippen LogP contribution in [0.5, 0.6) is 0 Å². The van der Waals surface area contributed by atoms with Crippen molar-refractivity contribution >= 4 is 21.6 Å². The van der Waals surface area contributed by atoms with Gasteiger partial charge in [0.2, 0.25) is 0 Å². The molecule has 3 nitrogen and oxygen atoms in total. The molecule has 0 fully saturated rings. The van der Waals surface area contributed by atoms with Crippen LogP contribution in [0.4, 0.5) is 5.69 Å². The zero-order valence-corrected chi connectivity index (χ0v) is 11.9. The predicted octanol–water partition coefficient (Wildman–Crippen LogP) is 3.20. The summed E-state index contributed by atoms with van der Waals surface area (Å²) >= 11 is 3.54. The molecular formula is C13H16BrN3. The topological polar surface area (TPSA) is 43.8 Å². The highest BCUT2D eigenvalue weighted by molar-refractivity contribution is 9.10. The number of rotatable bonds is 2. The molecule has 0 amide bonds. The van der Waals surface area contributed by atoms with E-state index in [0.717, 1.165) is 33.7 Å². The molecule has 0 atom stereocenters. The zero-order chi connectivity index (χ0) is 12.6. The minimum atomic E-state index is 0.759. The van der Waals surface area contributed by atoms with E-state index in [1.54, 1.807) is 0 Å². The van der Waals surface area contributed by atoms with Crippen molar-refractivity contribution in [3.8, 4) is 0 Å². The van der Waals surface area contributed by atoms with Crippen LogP contribution in [0.15, 0.2) is 22.7 Å². The highest BCUT2D eigenvalue weighted by atomic mass is 79.9. The first-order chi connectivity index (χ1) is 8.00. The van der Waals surface area contributed by atoms with E-state index < -0.39 is 0 Å². The Morgan fingerprint density at radius 3 is 2.59 bits per heavy atom. The van der Waals surface area contributed by atoms with Crippen molar-refractivity contribution in [3.63, 3.8) is 0 Å². The summed E-state index contributed by atoms with van der Waals surface area (Å²) in [5, 5.41) is 4.50. The van der Waals surface area contributed by atoms with Gasteiger partial charge in [0.1, 0.15) is 0 Å². The van der Waals surface area contributed by atoms with Crippen molar-refractivity contribution in [3.05, 3.63) is 45.2 Å². The van der Waals surface area contributed by atoms with Crippen molar-refractivity contribution in [2.24, 2.45) is 0 Å². The maximum Gasteiger partial charge on any atom is 0.0738 e. The fourth-order valence-corrected chi connectivity index (χ4v) is 2.15. The number of aryl methyl sites for hydroxylation is 1. The van der Waals surface area contributed by atoms with Crippen molar-refractivity contribution < 1.29 is 0 Å². The quantitative estimate of drug-likeness (QED) is 0.864. The second-order valence-corrected chi connectivity index (χ2v) is 5.07. The van der Waals surface area contributed by atoms with Crippen molar-refractivity contribution in [2.75, 3.05) is 5.73 Å². The number of anilines is 1. The molecule has 17 heavy (non-hydrogen) atoms. The first-order valence-corrected chi connectivity index (χ1v) is 6.33. The average Bonchev–Trinajstić information content (AvgIpc) is 2.53. The summed E-state index contributed by atoms with van der Waals surface area (Å²) in [6.07, 6.45) is 0. The molecule has 0 radical (unpaired) electrons. The van der Waals surface area contributed by atoms with Gasteiger partial charge in [0.25, 0.3) is 0 Å². The molecule has 2 rings (SSSR count). The minimum Gasteiger partial charge on any atom is -0.399 e. The third-order valence-corrected chi connectivity index (χ3v) is 4.25. The highest BCUT2D eigenvalue weighted by Gasteiger charge is 2.10. The van der Waals surface area contributed by atoms with Gasteiger partial charge >= 0.3 is 0 Å². The Balaban J connectivity index is 2.38. The van der Waals surface area contributed by atoms with Gasteiger partial charge in [-0.05, 0) is 53.9 Å². The summed E-state index contributed by atoms with van der Waals surface area (Å²) in [6.45, 7) is 6.87. The molecule has 2 aromatic rings. The van der Waals surface area contributed by atoms with Gasteiger partial charge in [-0.25, -0.2) is 0 Å². The van der Waals surface area contributed by atoms with Gasteiger partial charge < -0.3 is 5.73 Å². The Morgan fingerprint density at radius 1 is 1.29 bits per heavy atom. The Kier molecular flexibility index (Phi) is 3.24. The summed E-state index contributed by atoms with van der Waals surface area (Å²) in [6, 6.07) is 6.00. The Hall–Kier alpha value is -1.29. The second kappa shape index (κ2) is 4.53. The molecule has 1 aromatic carbocycles. The van der Waals surface area contributed by atoms with Crippen LogP contribution in [0.25, 0.3) is 0 Å². The molecule has 0 aliphatic heterocycles. The van der Waals surface area contributed by atoms with Gasteiger partial charge in [-0.15, -0.1) is 0 Å². The first-order valence-electron chi connectivity index (χ1n) is 5.54. The van der Waals surface area contributed by atoms with E-state index in [1.807, 2.05) is 30.7 Å². The predicted molar refractivity (Wildman–Crippen MR) is 74.1 cm³/mol. The maximum absolute atomic E-state index is 5.91. The summed E-state index contributed by atoms with van der Waals surface area (Å²) in [5.74, 6) is 0. The van der Waals surface area contributed by atoms with Gasteiger partial charge in [0.05, 0.1) is 22.4 Å². The lowest BCUT2D eigenvalue weighted by atomic mass is 10.1. The summed E-state index contributed by atoms with van der Waals surface area (Å²) < 4.78 is 3.08. The lowest BCUT2D eigenvalue weighted by Crippen LogP contribution is -2.06. The van der Waals surface area contributed by atoms with E-state index in [-0.39, 0.29) is 0 Å². The Bertz CT molecular complexity index is 558. The minimum absolute atomic E-state index is 0.759. The molecular weight excluding hydrogens is 278 g/mol. The molecule has 4 heteroatoms. The molecule has 0 saturated carbocycles. The fraction of sp³-hybridized carbons (Fsp3) is 0.308. The van der Waals surface area contributed by atoms with E-state index in [4.69, 9.17) is 5.73 Å². The SMILES string of the molecule is Cc1nn(Cc2cccc(N)c2C)c(C)c1Br. The van der Waals surface area contributed by atoms with Gasteiger partial charge in [0.15, 0.2) is 0 Å². The molecule has 90 valence electrons. The van der Waals surface area contributed by atoms with Gasteiger partial charge in [-0.3, -0.25) is 4.68 Å². The monoisotopic (exact) mass is 293 g/mol. The number of hydrogen-bond donors (Lipinski definition) is 1. The summed E-state index contributed by atoms with van der Waals surface area (Å²) in [4.78, 5) is 0. The smallest absolute Gasteiger partial charge is 0.0738 e. The lowest BCUT2D eigenvalue weighted by Gasteiger charge is -2.09. The van der Waals surface area contributed by atoms with Crippen molar-refractivity contribution in [1.29, 1.82) is 0 Å². The van der Waals surface area contributed by atoms with Crippen LogP contribution in [0.3, 0.4) is 0 Å². The van der Waals surface area contributed by atoms with Crippen LogP contribution in [-0.2, 0) is 6.54 Å². The summed E-state index contributed by atoms with van der Waals surface area (Å²) in [5.41, 5.74) is 11.3. The maximum atomic E-state index is 5.91. The molecule has 0 spiro atoms. The van der Waals surface area contributed by atoms with Crippen LogP contribution in [-0.4, -0.2) is 9.78 Å². The molecule has 1 heterocycles. The van der Waals surface area contributed by atoms with Gasteiger partial charge in [0, 0.05) is 5.69 Å². The number of halogens is 1. The molecule has 0 bridgehead atoms. The molecule has 2 N–H and O–H groups in total. The van der Waals surface area contributed by atoms with Crippen LogP contribution in [0.1, 0.15) is 22.5 Å². The molecule has 1 aromatic heterocycles. The number of benzene rings is 1. The third kappa shape index (κ3) is 2.22. The van der Waals surface area contributed by atoms with Crippen LogP contribution in [0.2, 0.25) is 0 Å². The largest absolute Gasteiger partial charge is 0.399 e. The van der Waals surface area contributed by atoms with E-state index in [9.17, 15) is 0 Å². The van der Waals surface area contributed by atoms with Crippen molar-refractivity contribution in [2.45, 2.75) is 27.3 Å². The van der Waals surface area contributed by atoms with Gasteiger partial charge in [-0.2, -0.15) is 5.10 Å². The van der Waals surface area contributed by atoms with Crippen molar-refractivity contribution in [1.82, 2.24) is 9.78 Å². The molecule has 0 aliphatic carbocycles. The number of nitrogens with two attached hydrogens (primary N) is 1. The first kappa shape index (κ1) is 12.2. The number of hydrogen-bond acceptors (Lipinski definition) is 2.